The standard InChI is InChI=1S/C15H13ClO4/c1-19-11-5-10(6-12(8-11)20-2)13-7-9(15(17)18)3-4-14(13)16/h3-8H,1-2H3,(H,17,18). The lowest BCUT2D eigenvalue weighted by Crippen LogP contribution is -1.96. The Labute approximate surface area is 121 Å². The Bertz CT molecular complexity index is 630. The molecule has 0 heterocycles. The summed E-state index contributed by atoms with van der Waals surface area (Å²) in [4.78, 5) is 11.0. The van der Waals surface area contributed by atoms with Gasteiger partial charge in [-0.25, -0.2) is 4.79 Å². The molecule has 2 aromatic carbocycles. The Kier molecular flexibility index (Phi) is 4.15. The maximum Gasteiger partial charge on any atom is 0.335 e. The third-order valence-electron chi connectivity index (χ3n) is 2.88. The minimum atomic E-state index is -1.00. The average Bonchev–Trinajstić information content (AvgIpc) is 2.46. The van der Waals surface area contributed by atoms with Crippen molar-refractivity contribution in [2.24, 2.45) is 0 Å². The van der Waals surface area contributed by atoms with Crippen molar-refractivity contribution in [3.8, 4) is 22.6 Å². The van der Waals surface area contributed by atoms with Crippen molar-refractivity contribution < 1.29 is 19.4 Å². The molecule has 0 aromatic heterocycles. The van der Waals surface area contributed by atoms with Crippen LogP contribution >= 0.6 is 11.6 Å². The molecule has 2 rings (SSSR count). The van der Waals surface area contributed by atoms with Gasteiger partial charge in [-0.1, -0.05) is 11.6 Å². The van der Waals surface area contributed by atoms with E-state index in [9.17, 15) is 4.79 Å². The Balaban J connectivity index is 2.60. The summed E-state index contributed by atoms with van der Waals surface area (Å²) in [5.41, 5.74) is 1.52. The molecule has 0 fully saturated rings. The van der Waals surface area contributed by atoms with E-state index in [2.05, 4.69) is 0 Å². The lowest BCUT2D eigenvalue weighted by atomic mass is 10.0. The van der Waals surface area contributed by atoms with Crippen LogP contribution in [0.3, 0.4) is 0 Å². The van der Waals surface area contributed by atoms with Crippen molar-refractivity contribution >= 4 is 17.6 Å². The van der Waals surface area contributed by atoms with Gasteiger partial charge >= 0.3 is 5.97 Å². The monoisotopic (exact) mass is 292 g/mol. The van der Waals surface area contributed by atoms with Gasteiger partial charge in [0, 0.05) is 16.7 Å². The summed E-state index contributed by atoms with van der Waals surface area (Å²) in [5, 5.41) is 9.52. The van der Waals surface area contributed by atoms with Crippen LogP contribution in [0.25, 0.3) is 11.1 Å². The Morgan fingerprint density at radius 3 is 2.15 bits per heavy atom. The minimum Gasteiger partial charge on any atom is -0.497 e. The average molecular weight is 293 g/mol. The zero-order valence-corrected chi connectivity index (χ0v) is 11.8. The van der Waals surface area contributed by atoms with Gasteiger partial charge in [-0.2, -0.15) is 0 Å². The van der Waals surface area contributed by atoms with Crippen LogP contribution in [0.2, 0.25) is 5.02 Å². The van der Waals surface area contributed by atoms with Gasteiger partial charge in [0.15, 0.2) is 0 Å². The first-order valence-electron chi connectivity index (χ1n) is 5.81. The second-order valence-corrected chi connectivity index (χ2v) is 4.51. The van der Waals surface area contributed by atoms with Crippen LogP contribution < -0.4 is 9.47 Å². The fraction of sp³-hybridized carbons (Fsp3) is 0.133. The molecule has 4 nitrogen and oxygen atoms in total. The molecular weight excluding hydrogens is 280 g/mol. The van der Waals surface area contributed by atoms with Crippen LogP contribution in [0.1, 0.15) is 10.4 Å². The normalized spacial score (nSPS) is 10.2. The van der Waals surface area contributed by atoms with Gasteiger partial charge in [0.1, 0.15) is 11.5 Å². The molecule has 0 saturated heterocycles. The van der Waals surface area contributed by atoms with Crippen LogP contribution in [0, 0.1) is 0 Å². The molecule has 2 aromatic rings. The number of carboxylic acids is 1. The molecule has 0 spiro atoms. The van der Waals surface area contributed by atoms with Crippen LogP contribution in [-0.2, 0) is 0 Å². The highest BCUT2D eigenvalue weighted by molar-refractivity contribution is 6.33. The summed E-state index contributed by atoms with van der Waals surface area (Å²) in [6.45, 7) is 0. The second kappa shape index (κ2) is 5.84. The van der Waals surface area contributed by atoms with E-state index in [0.717, 1.165) is 5.56 Å². The predicted molar refractivity (Wildman–Crippen MR) is 77.0 cm³/mol. The molecule has 1 N–H and O–H groups in total. The second-order valence-electron chi connectivity index (χ2n) is 4.10. The summed E-state index contributed by atoms with van der Waals surface area (Å²) in [7, 11) is 3.10. The number of hydrogen-bond donors (Lipinski definition) is 1. The molecular formula is C15H13ClO4. The molecule has 0 aliphatic carbocycles. The van der Waals surface area contributed by atoms with E-state index in [-0.39, 0.29) is 5.56 Å². The Morgan fingerprint density at radius 1 is 1.05 bits per heavy atom. The van der Waals surface area contributed by atoms with Gasteiger partial charge in [-0.05, 0) is 35.9 Å². The van der Waals surface area contributed by atoms with Crippen molar-refractivity contribution in [1.29, 1.82) is 0 Å². The Hall–Kier alpha value is -2.20. The number of carbonyl (C=O) groups is 1. The summed E-state index contributed by atoms with van der Waals surface area (Å²) in [6.07, 6.45) is 0. The van der Waals surface area contributed by atoms with Gasteiger partial charge in [0.05, 0.1) is 19.8 Å². The van der Waals surface area contributed by atoms with Gasteiger partial charge in [0.2, 0.25) is 0 Å². The zero-order chi connectivity index (χ0) is 14.7. The van der Waals surface area contributed by atoms with Gasteiger partial charge in [-0.15, -0.1) is 0 Å². The molecule has 0 amide bonds. The highest BCUT2D eigenvalue weighted by Crippen LogP contribution is 2.34. The third-order valence-corrected chi connectivity index (χ3v) is 3.21. The number of halogens is 1. The van der Waals surface area contributed by atoms with Gasteiger partial charge in [0.25, 0.3) is 0 Å². The minimum absolute atomic E-state index is 0.172. The number of rotatable bonds is 4. The number of carboxylic acid groups (broad SMARTS) is 1. The van der Waals surface area contributed by atoms with Gasteiger partial charge in [-0.3, -0.25) is 0 Å². The lowest BCUT2D eigenvalue weighted by molar-refractivity contribution is 0.0697. The molecule has 0 aliphatic rings. The van der Waals surface area contributed by atoms with Crippen molar-refractivity contribution in [3.05, 3.63) is 47.0 Å². The van der Waals surface area contributed by atoms with Crippen molar-refractivity contribution in [2.75, 3.05) is 14.2 Å². The fourth-order valence-electron chi connectivity index (χ4n) is 1.84. The van der Waals surface area contributed by atoms with Crippen molar-refractivity contribution in [1.82, 2.24) is 0 Å². The molecule has 104 valence electrons. The molecule has 0 aliphatic heterocycles. The van der Waals surface area contributed by atoms with Crippen molar-refractivity contribution in [3.63, 3.8) is 0 Å². The molecule has 5 heteroatoms. The number of methoxy groups -OCH3 is 2. The number of ether oxygens (including phenoxy) is 2. The largest absolute Gasteiger partial charge is 0.497 e. The maximum atomic E-state index is 11.0. The van der Waals surface area contributed by atoms with E-state index >= 15 is 0 Å². The van der Waals surface area contributed by atoms with E-state index in [1.54, 1.807) is 38.5 Å². The summed E-state index contributed by atoms with van der Waals surface area (Å²) in [6, 6.07) is 9.83. The van der Waals surface area contributed by atoms with E-state index in [4.69, 9.17) is 26.2 Å². The lowest BCUT2D eigenvalue weighted by Gasteiger charge is -2.10. The molecule has 0 bridgehead atoms. The van der Waals surface area contributed by atoms with Crippen LogP contribution in [0.4, 0.5) is 0 Å². The topological polar surface area (TPSA) is 55.8 Å². The fourth-order valence-corrected chi connectivity index (χ4v) is 2.07. The third kappa shape index (κ3) is 2.86. The summed E-state index contributed by atoms with van der Waals surface area (Å²) >= 11 is 6.15. The number of hydrogen-bond acceptors (Lipinski definition) is 3. The van der Waals surface area contributed by atoms with Crippen LogP contribution in [0.5, 0.6) is 11.5 Å². The van der Waals surface area contributed by atoms with E-state index in [0.29, 0.717) is 22.1 Å². The first-order chi connectivity index (χ1) is 9.55. The zero-order valence-electron chi connectivity index (χ0n) is 11.0. The van der Waals surface area contributed by atoms with Crippen LogP contribution in [-0.4, -0.2) is 25.3 Å². The first-order valence-corrected chi connectivity index (χ1v) is 6.19. The molecule has 0 radical (unpaired) electrons. The quantitative estimate of drug-likeness (QED) is 0.933. The highest BCUT2D eigenvalue weighted by atomic mass is 35.5. The molecule has 0 atom stereocenters. The summed E-state index contributed by atoms with van der Waals surface area (Å²) < 4.78 is 10.4. The van der Waals surface area contributed by atoms with E-state index in [1.807, 2.05) is 0 Å². The van der Waals surface area contributed by atoms with E-state index in [1.165, 1.54) is 12.1 Å². The van der Waals surface area contributed by atoms with Gasteiger partial charge < -0.3 is 14.6 Å². The predicted octanol–water partition coefficient (Wildman–Crippen LogP) is 3.72. The number of benzene rings is 2. The number of aromatic carboxylic acids is 1. The first kappa shape index (κ1) is 14.2. The highest BCUT2D eigenvalue weighted by Gasteiger charge is 2.11. The van der Waals surface area contributed by atoms with Crippen molar-refractivity contribution in [2.45, 2.75) is 0 Å². The SMILES string of the molecule is COc1cc(OC)cc(-c2cc(C(=O)O)ccc2Cl)c1. The van der Waals surface area contributed by atoms with Crippen LogP contribution in [0.15, 0.2) is 36.4 Å². The maximum absolute atomic E-state index is 11.0. The Morgan fingerprint density at radius 2 is 1.65 bits per heavy atom. The molecule has 0 unspecified atom stereocenters. The molecule has 20 heavy (non-hydrogen) atoms. The summed E-state index contributed by atoms with van der Waals surface area (Å²) in [5.74, 6) is 0.213. The smallest absolute Gasteiger partial charge is 0.335 e. The molecule has 0 saturated carbocycles. The van der Waals surface area contributed by atoms with E-state index < -0.39 is 5.97 Å².